The smallest absolute Gasteiger partial charge is 0.0146 e. The summed E-state index contributed by atoms with van der Waals surface area (Å²) in [6.07, 6.45) is 3.57. The normalized spacial score (nSPS) is 34.2. The SMILES string of the molecule is C/C=C1\CSC(C)C1. The standard InChI is InChI=1S/C7H12S/c1-3-7-4-6(2)8-5-7/h3,6H,4-5H2,1-2H3/b7-3-. The predicted octanol–water partition coefficient (Wildman–Crippen LogP) is 2.46. The van der Waals surface area contributed by atoms with Gasteiger partial charge in [-0.05, 0) is 13.3 Å². The number of hydrogen-bond donors (Lipinski definition) is 0. The molecule has 0 amide bonds. The Morgan fingerprint density at radius 1 is 1.75 bits per heavy atom. The van der Waals surface area contributed by atoms with Crippen molar-refractivity contribution in [3.63, 3.8) is 0 Å². The molecule has 0 aliphatic carbocycles. The molecule has 0 radical (unpaired) electrons. The van der Waals surface area contributed by atoms with Crippen LogP contribution in [0.2, 0.25) is 0 Å². The maximum atomic E-state index is 2.29. The average Bonchev–Trinajstić information content (AvgIpc) is 2.14. The number of allylic oxidation sites excluding steroid dienone is 1. The van der Waals surface area contributed by atoms with Gasteiger partial charge in [-0.2, -0.15) is 11.8 Å². The molecule has 1 rings (SSSR count). The van der Waals surface area contributed by atoms with Crippen LogP contribution in [-0.2, 0) is 0 Å². The molecule has 0 spiro atoms. The lowest BCUT2D eigenvalue weighted by molar-refractivity contribution is 0.965. The van der Waals surface area contributed by atoms with E-state index in [2.05, 4.69) is 31.7 Å². The molecular weight excluding hydrogens is 116 g/mol. The van der Waals surface area contributed by atoms with E-state index in [9.17, 15) is 0 Å². The first-order valence-electron chi connectivity index (χ1n) is 3.08. The molecule has 0 aromatic heterocycles. The summed E-state index contributed by atoms with van der Waals surface area (Å²) in [5.41, 5.74) is 1.63. The van der Waals surface area contributed by atoms with Crippen LogP contribution >= 0.6 is 11.8 Å². The molecule has 0 bridgehead atoms. The van der Waals surface area contributed by atoms with E-state index in [1.54, 1.807) is 5.57 Å². The predicted molar refractivity (Wildman–Crippen MR) is 40.3 cm³/mol. The minimum atomic E-state index is 0.876. The van der Waals surface area contributed by atoms with Crippen molar-refractivity contribution in [3.8, 4) is 0 Å². The van der Waals surface area contributed by atoms with Crippen molar-refractivity contribution in [1.82, 2.24) is 0 Å². The molecule has 1 unspecified atom stereocenters. The maximum absolute atomic E-state index is 2.29. The van der Waals surface area contributed by atoms with Gasteiger partial charge in [-0.25, -0.2) is 0 Å². The van der Waals surface area contributed by atoms with E-state index < -0.39 is 0 Å². The van der Waals surface area contributed by atoms with Gasteiger partial charge in [-0.15, -0.1) is 0 Å². The monoisotopic (exact) mass is 128 g/mol. The van der Waals surface area contributed by atoms with Crippen molar-refractivity contribution in [1.29, 1.82) is 0 Å². The summed E-state index contributed by atoms with van der Waals surface area (Å²) >= 11 is 2.06. The molecule has 46 valence electrons. The summed E-state index contributed by atoms with van der Waals surface area (Å²) in [4.78, 5) is 0. The molecule has 0 nitrogen and oxygen atoms in total. The fourth-order valence-corrected chi connectivity index (χ4v) is 2.05. The molecular formula is C7H12S. The quantitative estimate of drug-likeness (QED) is 0.452. The summed E-state index contributed by atoms with van der Waals surface area (Å²) in [7, 11) is 0. The number of hydrogen-bond acceptors (Lipinski definition) is 1. The maximum Gasteiger partial charge on any atom is 0.0146 e. The fourth-order valence-electron chi connectivity index (χ4n) is 0.938. The van der Waals surface area contributed by atoms with Crippen LogP contribution in [-0.4, -0.2) is 11.0 Å². The zero-order valence-electron chi connectivity index (χ0n) is 5.48. The zero-order chi connectivity index (χ0) is 5.98. The molecule has 0 aromatic carbocycles. The van der Waals surface area contributed by atoms with Crippen LogP contribution in [0, 0.1) is 0 Å². The topological polar surface area (TPSA) is 0 Å². The van der Waals surface area contributed by atoms with Crippen LogP contribution in [0.4, 0.5) is 0 Å². The molecule has 1 atom stereocenters. The van der Waals surface area contributed by atoms with Crippen LogP contribution in [0.15, 0.2) is 11.6 Å². The Morgan fingerprint density at radius 2 is 2.50 bits per heavy atom. The van der Waals surface area contributed by atoms with Crippen molar-refractivity contribution >= 4 is 11.8 Å². The lowest BCUT2D eigenvalue weighted by Gasteiger charge is -1.92. The van der Waals surface area contributed by atoms with Crippen LogP contribution < -0.4 is 0 Å². The van der Waals surface area contributed by atoms with Gasteiger partial charge >= 0.3 is 0 Å². The van der Waals surface area contributed by atoms with Crippen molar-refractivity contribution in [2.75, 3.05) is 5.75 Å². The first kappa shape index (κ1) is 6.21. The van der Waals surface area contributed by atoms with E-state index in [-0.39, 0.29) is 0 Å². The van der Waals surface area contributed by atoms with Gasteiger partial charge in [0, 0.05) is 11.0 Å². The van der Waals surface area contributed by atoms with Gasteiger partial charge in [0.25, 0.3) is 0 Å². The molecule has 1 heteroatoms. The summed E-state index contributed by atoms with van der Waals surface area (Å²) in [6.45, 7) is 4.43. The van der Waals surface area contributed by atoms with Crippen molar-refractivity contribution in [3.05, 3.63) is 11.6 Å². The zero-order valence-corrected chi connectivity index (χ0v) is 6.29. The second kappa shape index (κ2) is 2.58. The van der Waals surface area contributed by atoms with Gasteiger partial charge in [-0.3, -0.25) is 0 Å². The summed E-state index contributed by atoms with van der Waals surface area (Å²) in [5, 5.41) is 0.876. The highest BCUT2D eigenvalue weighted by Crippen LogP contribution is 2.29. The summed E-state index contributed by atoms with van der Waals surface area (Å²) in [5.74, 6) is 1.28. The molecule has 0 saturated carbocycles. The van der Waals surface area contributed by atoms with Gasteiger partial charge in [0.2, 0.25) is 0 Å². The fraction of sp³-hybridized carbons (Fsp3) is 0.714. The van der Waals surface area contributed by atoms with Crippen LogP contribution in [0.5, 0.6) is 0 Å². The van der Waals surface area contributed by atoms with Crippen molar-refractivity contribution in [2.45, 2.75) is 25.5 Å². The van der Waals surface area contributed by atoms with Gasteiger partial charge < -0.3 is 0 Å². The van der Waals surface area contributed by atoms with E-state index in [0.717, 1.165) is 5.25 Å². The molecule has 0 aromatic rings. The Bertz CT molecular complexity index is 105. The lowest BCUT2D eigenvalue weighted by Crippen LogP contribution is -1.84. The highest BCUT2D eigenvalue weighted by Gasteiger charge is 2.13. The average molecular weight is 128 g/mol. The second-order valence-electron chi connectivity index (χ2n) is 2.27. The third-order valence-electron chi connectivity index (χ3n) is 1.51. The minimum absolute atomic E-state index is 0.876. The molecule has 0 N–H and O–H groups in total. The Morgan fingerprint density at radius 3 is 2.75 bits per heavy atom. The second-order valence-corrected chi connectivity index (χ2v) is 3.70. The first-order valence-corrected chi connectivity index (χ1v) is 4.13. The third kappa shape index (κ3) is 1.28. The third-order valence-corrected chi connectivity index (χ3v) is 2.78. The Kier molecular flexibility index (Phi) is 2.01. The van der Waals surface area contributed by atoms with Gasteiger partial charge in [-0.1, -0.05) is 18.6 Å². The van der Waals surface area contributed by atoms with Crippen LogP contribution in [0.1, 0.15) is 20.3 Å². The van der Waals surface area contributed by atoms with E-state index >= 15 is 0 Å². The van der Waals surface area contributed by atoms with Gasteiger partial charge in [0.1, 0.15) is 0 Å². The highest BCUT2D eigenvalue weighted by molar-refractivity contribution is 8.00. The molecule has 1 aliphatic heterocycles. The molecule has 1 fully saturated rings. The van der Waals surface area contributed by atoms with Crippen LogP contribution in [0.25, 0.3) is 0 Å². The van der Waals surface area contributed by atoms with Crippen LogP contribution in [0.3, 0.4) is 0 Å². The Balaban J connectivity index is 2.44. The van der Waals surface area contributed by atoms with Crippen molar-refractivity contribution in [2.24, 2.45) is 0 Å². The van der Waals surface area contributed by atoms with Crippen molar-refractivity contribution < 1.29 is 0 Å². The van der Waals surface area contributed by atoms with E-state index in [1.165, 1.54) is 12.2 Å². The summed E-state index contributed by atoms with van der Waals surface area (Å²) < 4.78 is 0. The largest absolute Gasteiger partial charge is 0.154 e. The Labute approximate surface area is 55.4 Å². The molecule has 1 heterocycles. The number of rotatable bonds is 0. The van der Waals surface area contributed by atoms with Gasteiger partial charge in [0.15, 0.2) is 0 Å². The summed E-state index contributed by atoms with van der Waals surface area (Å²) in [6, 6.07) is 0. The highest BCUT2D eigenvalue weighted by atomic mass is 32.2. The van der Waals surface area contributed by atoms with Gasteiger partial charge in [0.05, 0.1) is 0 Å². The lowest BCUT2D eigenvalue weighted by atomic mass is 10.2. The van der Waals surface area contributed by atoms with E-state index in [1.807, 2.05) is 0 Å². The number of thioether (sulfide) groups is 1. The first-order chi connectivity index (χ1) is 3.83. The Hall–Kier alpha value is 0.0900. The molecule has 1 aliphatic rings. The molecule has 8 heavy (non-hydrogen) atoms. The molecule has 1 saturated heterocycles. The minimum Gasteiger partial charge on any atom is -0.154 e. The van der Waals surface area contributed by atoms with E-state index in [4.69, 9.17) is 0 Å². The van der Waals surface area contributed by atoms with E-state index in [0.29, 0.717) is 0 Å².